The second-order valence-electron chi connectivity index (χ2n) is 7.30. The monoisotopic (exact) mass is 448 g/mol. The highest BCUT2D eigenvalue weighted by Crippen LogP contribution is 2.23. The quantitative estimate of drug-likeness (QED) is 0.107. The number of aliphatic carboxylic acids is 2. The number of hydrogen-bond donors (Lipinski definition) is 2. The van der Waals surface area contributed by atoms with Crippen LogP contribution in [-0.4, -0.2) is 34.4 Å². The van der Waals surface area contributed by atoms with E-state index in [4.69, 9.17) is 9.47 Å². The molecule has 0 saturated heterocycles. The minimum Gasteiger partial charge on any atom is -0.493 e. The molecule has 0 bridgehead atoms. The van der Waals surface area contributed by atoms with E-state index in [2.05, 4.69) is 13.8 Å². The van der Waals surface area contributed by atoms with Crippen LogP contribution >= 0.6 is 0 Å². The number of allylic oxidation sites excluding steroid dienone is 6. The van der Waals surface area contributed by atoms with Gasteiger partial charge in [-0.25, -0.2) is 9.59 Å². The van der Waals surface area contributed by atoms with Gasteiger partial charge in [0.1, 0.15) is 12.2 Å². The fourth-order valence-corrected chi connectivity index (χ4v) is 2.95. The molecular weight excluding hydrogens is 408 g/mol. The van der Waals surface area contributed by atoms with Gasteiger partial charge >= 0.3 is 11.9 Å². The van der Waals surface area contributed by atoms with E-state index in [0.29, 0.717) is 12.8 Å². The molecule has 0 rings (SSSR count). The van der Waals surface area contributed by atoms with Crippen LogP contribution in [0, 0.1) is 0 Å². The molecule has 0 spiro atoms. The number of carbonyl (C=O) groups is 2. The zero-order valence-electron chi connectivity index (χ0n) is 20.0. The third kappa shape index (κ3) is 12.2. The first-order valence-corrected chi connectivity index (χ1v) is 11.6. The standard InChI is InChI=1S/C26H40O6/c1-5-9-11-13-15-17-19-31-21(7-3)23(25(27)28)24(26(29)30)22(8-4)32-20-18-16-14-12-10-6-2/h13-22H,5-12H2,1-4H3,(H,27,28)(H,29,30). The first kappa shape index (κ1) is 29.2. The van der Waals surface area contributed by atoms with Crippen molar-refractivity contribution in [2.45, 2.75) is 91.3 Å². The Labute approximate surface area is 193 Å². The molecule has 0 aromatic rings. The van der Waals surface area contributed by atoms with Gasteiger partial charge < -0.3 is 19.7 Å². The van der Waals surface area contributed by atoms with Crippen molar-refractivity contribution in [3.63, 3.8) is 0 Å². The summed E-state index contributed by atoms with van der Waals surface area (Å²) >= 11 is 0. The van der Waals surface area contributed by atoms with Gasteiger partial charge in [-0.05, 0) is 37.8 Å². The first-order valence-electron chi connectivity index (χ1n) is 11.6. The van der Waals surface area contributed by atoms with E-state index in [-0.39, 0.29) is 11.1 Å². The van der Waals surface area contributed by atoms with Crippen LogP contribution in [0.15, 0.2) is 60.1 Å². The second-order valence-corrected chi connectivity index (χ2v) is 7.30. The van der Waals surface area contributed by atoms with Crippen LogP contribution in [0.1, 0.15) is 79.1 Å². The Balaban J connectivity index is 5.58. The maximum atomic E-state index is 12.0. The van der Waals surface area contributed by atoms with E-state index in [9.17, 15) is 19.8 Å². The van der Waals surface area contributed by atoms with Gasteiger partial charge in [-0.1, -0.05) is 77.7 Å². The number of ether oxygens (including phenoxy) is 2. The number of hydrogen-bond acceptors (Lipinski definition) is 4. The molecule has 0 amide bonds. The minimum absolute atomic E-state index is 0.293. The second kappa shape index (κ2) is 19.0. The maximum absolute atomic E-state index is 12.0. The van der Waals surface area contributed by atoms with E-state index < -0.39 is 24.1 Å². The molecule has 32 heavy (non-hydrogen) atoms. The molecule has 0 aliphatic rings. The van der Waals surface area contributed by atoms with Crippen LogP contribution in [0.2, 0.25) is 0 Å². The summed E-state index contributed by atoms with van der Waals surface area (Å²) < 4.78 is 11.2. The van der Waals surface area contributed by atoms with Crippen molar-refractivity contribution in [1.29, 1.82) is 0 Å². The van der Waals surface area contributed by atoms with Crippen molar-refractivity contribution in [2.75, 3.05) is 0 Å². The fraction of sp³-hybridized carbons (Fsp3) is 0.538. The Morgan fingerprint density at radius 3 is 1.34 bits per heavy atom. The van der Waals surface area contributed by atoms with E-state index in [1.165, 1.54) is 12.5 Å². The fourth-order valence-electron chi connectivity index (χ4n) is 2.95. The normalized spacial score (nSPS) is 14.9. The lowest BCUT2D eigenvalue weighted by Gasteiger charge is -2.22. The highest BCUT2D eigenvalue weighted by atomic mass is 16.5. The summed E-state index contributed by atoms with van der Waals surface area (Å²) in [5.74, 6) is -2.65. The van der Waals surface area contributed by atoms with E-state index in [1.54, 1.807) is 26.0 Å². The Kier molecular flexibility index (Phi) is 17.3. The zero-order valence-corrected chi connectivity index (χ0v) is 20.0. The molecule has 0 radical (unpaired) electrons. The smallest absolute Gasteiger partial charge is 0.336 e. The van der Waals surface area contributed by atoms with Crippen molar-refractivity contribution >= 4 is 11.9 Å². The third-order valence-electron chi connectivity index (χ3n) is 4.72. The Morgan fingerprint density at radius 1 is 0.688 bits per heavy atom. The van der Waals surface area contributed by atoms with Gasteiger partial charge in [-0.3, -0.25) is 0 Å². The van der Waals surface area contributed by atoms with Crippen molar-refractivity contribution in [1.82, 2.24) is 0 Å². The lowest BCUT2D eigenvalue weighted by molar-refractivity contribution is -0.138. The summed E-state index contributed by atoms with van der Waals surface area (Å²) in [5, 5.41) is 19.6. The Hall–Kier alpha value is -2.76. The lowest BCUT2D eigenvalue weighted by Crippen LogP contribution is -2.29. The SMILES string of the molecule is CCCCC=CC=COC(CC)C(C(=O)O)=C(C(=O)O)C(CC)OC=CC=CCCCC. The molecule has 0 heterocycles. The predicted octanol–water partition coefficient (Wildman–Crippen LogP) is 6.56. The number of rotatable bonds is 18. The molecule has 6 heteroatoms. The summed E-state index contributed by atoms with van der Waals surface area (Å²) in [5.41, 5.74) is -0.586. The van der Waals surface area contributed by atoms with Gasteiger partial charge in [0, 0.05) is 0 Å². The third-order valence-corrected chi connectivity index (χ3v) is 4.72. The van der Waals surface area contributed by atoms with Crippen molar-refractivity contribution in [2.24, 2.45) is 0 Å². The molecule has 0 aromatic carbocycles. The summed E-state index contributed by atoms with van der Waals surface area (Å²) in [6, 6.07) is 0. The molecule has 0 aliphatic carbocycles. The van der Waals surface area contributed by atoms with Crippen LogP contribution in [-0.2, 0) is 19.1 Å². The van der Waals surface area contributed by atoms with Gasteiger partial charge in [0.15, 0.2) is 0 Å². The van der Waals surface area contributed by atoms with Crippen LogP contribution in [0.25, 0.3) is 0 Å². The average Bonchev–Trinajstić information content (AvgIpc) is 2.77. The van der Waals surface area contributed by atoms with E-state index in [0.717, 1.165) is 38.5 Å². The van der Waals surface area contributed by atoms with Crippen LogP contribution in [0.4, 0.5) is 0 Å². The minimum atomic E-state index is -1.33. The van der Waals surface area contributed by atoms with E-state index >= 15 is 0 Å². The van der Waals surface area contributed by atoms with Crippen LogP contribution < -0.4 is 0 Å². The average molecular weight is 449 g/mol. The summed E-state index contributed by atoms with van der Waals surface area (Å²) in [7, 11) is 0. The van der Waals surface area contributed by atoms with Gasteiger partial charge in [-0.2, -0.15) is 0 Å². The highest BCUT2D eigenvalue weighted by Gasteiger charge is 2.33. The number of carboxylic acid groups (broad SMARTS) is 2. The van der Waals surface area contributed by atoms with Crippen molar-refractivity contribution < 1.29 is 29.3 Å². The number of carboxylic acids is 2. The molecule has 0 aromatic heterocycles. The van der Waals surface area contributed by atoms with Gasteiger partial charge in [0.2, 0.25) is 0 Å². The van der Waals surface area contributed by atoms with Crippen molar-refractivity contribution in [3.8, 4) is 0 Å². The van der Waals surface area contributed by atoms with Crippen LogP contribution in [0.5, 0.6) is 0 Å². The largest absolute Gasteiger partial charge is 0.493 e. The molecule has 2 unspecified atom stereocenters. The summed E-state index contributed by atoms with van der Waals surface area (Å²) in [4.78, 5) is 24.1. The molecule has 2 atom stereocenters. The Bertz CT molecular complexity index is 626. The lowest BCUT2D eigenvalue weighted by atomic mass is 9.95. The Morgan fingerprint density at radius 2 is 1.06 bits per heavy atom. The van der Waals surface area contributed by atoms with Gasteiger partial charge in [0.05, 0.1) is 23.7 Å². The predicted molar refractivity (Wildman–Crippen MR) is 128 cm³/mol. The molecule has 0 fully saturated rings. The number of unbranched alkanes of at least 4 members (excludes halogenated alkanes) is 4. The molecule has 180 valence electrons. The summed E-state index contributed by atoms with van der Waals surface area (Å²) in [6.07, 6.45) is 19.0. The zero-order chi connectivity index (χ0) is 24.2. The van der Waals surface area contributed by atoms with Gasteiger partial charge in [-0.15, -0.1) is 0 Å². The highest BCUT2D eigenvalue weighted by molar-refractivity contribution is 6.00. The molecule has 6 nitrogen and oxygen atoms in total. The van der Waals surface area contributed by atoms with Crippen molar-refractivity contribution in [3.05, 3.63) is 60.1 Å². The van der Waals surface area contributed by atoms with Gasteiger partial charge in [0.25, 0.3) is 0 Å². The van der Waals surface area contributed by atoms with Crippen LogP contribution in [0.3, 0.4) is 0 Å². The first-order chi connectivity index (χ1) is 15.4. The molecule has 0 saturated carbocycles. The summed E-state index contributed by atoms with van der Waals surface area (Å²) in [6.45, 7) is 7.74. The molecule has 0 aliphatic heterocycles. The maximum Gasteiger partial charge on any atom is 0.336 e. The molecular formula is C26H40O6. The topological polar surface area (TPSA) is 93.1 Å². The molecule has 2 N–H and O–H groups in total. The van der Waals surface area contributed by atoms with E-state index in [1.807, 2.05) is 24.3 Å².